The minimum Gasteiger partial charge on any atom is -0.453 e. The summed E-state index contributed by atoms with van der Waals surface area (Å²) in [5.41, 5.74) is 6.86. The maximum atomic E-state index is 12.8. The molecular formula is C19H23F3N6O5. The largest absolute Gasteiger partial charge is 0.453 e. The molecular weight excluding hydrogens is 449 g/mol. The van der Waals surface area contributed by atoms with Crippen LogP contribution >= 0.6 is 0 Å². The Labute approximate surface area is 185 Å². The van der Waals surface area contributed by atoms with Crippen molar-refractivity contribution in [3.8, 4) is 0 Å². The number of aliphatic imine (C=N–C) groups is 2. The van der Waals surface area contributed by atoms with Crippen LogP contribution in [-0.4, -0.2) is 85.4 Å². The molecule has 0 aromatic heterocycles. The van der Waals surface area contributed by atoms with Crippen LogP contribution in [-0.2, 0) is 10.9 Å². The number of carbonyl (C=O) groups excluding carboxylic acids is 1. The highest BCUT2D eigenvalue weighted by atomic mass is 19.4. The normalized spacial score (nSPS) is 35.6. The van der Waals surface area contributed by atoms with Gasteiger partial charge in [0.25, 0.3) is 0 Å². The number of hydroxylamine groups is 2. The van der Waals surface area contributed by atoms with Crippen LogP contribution in [0.15, 0.2) is 34.3 Å². The van der Waals surface area contributed by atoms with E-state index in [-0.39, 0.29) is 17.5 Å². The second-order valence-electron chi connectivity index (χ2n) is 8.37. The molecule has 4 rings (SSSR count). The summed E-state index contributed by atoms with van der Waals surface area (Å²) in [6.07, 6.45) is -5.92. The molecule has 1 fully saturated rings. The first kappa shape index (κ1) is 23.1. The number of benzene rings is 1. The van der Waals surface area contributed by atoms with Crippen LogP contribution in [0.4, 0.5) is 13.2 Å². The number of ether oxygens (including phenoxy) is 1. The Morgan fingerprint density at radius 2 is 1.82 bits per heavy atom. The molecule has 7 N–H and O–H groups in total. The van der Waals surface area contributed by atoms with E-state index in [1.807, 2.05) is 0 Å². The Hall–Kier alpha value is -3.10. The topological polar surface area (TPSA) is 170 Å². The van der Waals surface area contributed by atoms with Gasteiger partial charge in [0.15, 0.2) is 12.1 Å². The van der Waals surface area contributed by atoms with Gasteiger partial charge in [0.1, 0.15) is 17.7 Å². The highest BCUT2D eigenvalue weighted by molar-refractivity contribution is 5.90. The minimum absolute atomic E-state index is 0.157. The highest BCUT2D eigenvalue weighted by Gasteiger charge is 2.77. The lowest BCUT2D eigenvalue weighted by atomic mass is 9.79. The maximum Gasteiger partial charge on any atom is 0.416 e. The fourth-order valence-electron chi connectivity index (χ4n) is 5.09. The summed E-state index contributed by atoms with van der Waals surface area (Å²) in [6.45, 7) is 2.31. The van der Waals surface area contributed by atoms with Crippen molar-refractivity contribution in [3.05, 3.63) is 35.4 Å². The van der Waals surface area contributed by atoms with E-state index in [0.717, 1.165) is 24.3 Å². The molecule has 0 saturated carbocycles. The van der Waals surface area contributed by atoms with E-state index in [0.29, 0.717) is 5.06 Å². The predicted octanol–water partition coefficient (Wildman–Crippen LogP) is -0.540. The summed E-state index contributed by atoms with van der Waals surface area (Å²) < 4.78 is 44.0. The van der Waals surface area contributed by atoms with Crippen LogP contribution < -0.4 is 11.5 Å². The number of hydrogen-bond donors (Lipinski definition) is 5. The molecule has 0 aliphatic carbocycles. The number of esters is 1. The Bertz CT molecular complexity index is 1030. The van der Waals surface area contributed by atoms with Gasteiger partial charge < -0.3 is 31.3 Å². The lowest BCUT2D eigenvalue weighted by Gasteiger charge is -2.52. The third-order valence-corrected chi connectivity index (χ3v) is 6.51. The van der Waals surface area contributed by atoms with E-state index in [9.17, 15) is 33.4 Å². The summed E-state index contributed by atoms with van der Waals surface area (Å²) in [7, 11) is 0. The molecule has 3 aliphatic heterocycles. The Balaban J connectivity index is 1.71. The third-order valence-electron chi connectivity index (χ3n) is 6.51. The fourth-order valence-corrected chi connectivity index (χ4v) is 5.09. The number of aliphatic hydroxyl groups excluding tert-OH is 1. The summed E-state index contributed by atoms with van der Waals surface area (Å²) in [5, 5.41) is 32.8. The number of carbonyl (C=O) groups is 1. The van der Waals surface area contributed by atoms with E-state index in [2.05, 4.69) is 9.98 Å². The molecule has 4 unspecified atom stereocenters. The number of guanidine groups is 2. The Morgan fingerprint density at radius 3 is 2.36 bits per heavy atom. The van der Waals surface area contributed by atoms with E-state index < -0.39 is 59.8 Å². The predicted molar refractivity (Wildman–Crippen MR) is 107 cm³/mol. The smallest absolute Gasteiger partial charge is 0.416 e. The van der Waals surface area contributed by atoms with Crippen LogP contribution in [0.25, 0.3) is 0 Å². The van der Waals surface area contributed by atoms with E-state index >= 15 is 0 Å². The molecule has 1 aromatic rings. The van der Waals surface area contributed by atoms with Crippen molar-refractivity contribution in [1.29, 1.82) is 0 Å². The molecule has 33 heavy (non-hydrogen) atoms. The van der Waals surface area contributed by atoms with Gasteiger partial charge in [0.2, 0.25) is 11.6 Å². The van der Waals surface area contributed by atoms with Gasteiger partial charge >= 0.3 is 12.1 Å². The first-order valence-electron chi connectivity index (χ1n) is 9.95. The van der Waals surface area contributed by atoms with Gasteiger partial charge in [-0.05, 0) is 38.1 Å². The summed E-state index contributed by atoms with van der Waals surface area (Å²) in [5.74, 6) is -1.52. The van der Waals surface area contributed by atoms with Gasteiger partial charge in [-0.2, -0.15) is 18.2 Å². The standard InChI is InChI=1S/C19H23F3N6O5/c1-8-13(33-14(30)9-3-5-10(6-4-9)19(20,21)22)17(2,31)18-12(26-16(24)28(18)32)11(7-29)25-15(23)27(8)18/h3-6,8,11-13,29,31-32H,7H2,1-2H3,(H2,23,25)(H2,24,26)/t8?,11?,12?,13-,17-,18?/m0/s1. The Morgan fingerprint density at radius 1 is 1.21 bits per heavy atom. The van der Waals surface area contributed by atoms with Gasteiger partial charge in [0, 0.05) is 0 Å². The van der Waals surface area contributed by atoms with Crippen molar-refractivity contribution in [3.63, 3.8) is 0 Å². The second-order valence-corrected chi connectivity index (χ2v) is 8.37. The van der Waals surface area contributed by atoms with Gasteiger partial charge in [-0.25, -0.2) is 14.8 Å². The number of hydrogen-bond acceptors (Lipinski definition) is 11. The SMILES string of the molecule is CC1[C@H](OC(=O)c2ccc(C(F)(F)F)cc2)[C@](C)(O)C23C(N=C(N)N2O)C(CO)N=C(N)N13. The van der Waals surface area contributed by atoms with Gasteiger partial charge in [-0.15, -0.1) is 0 Å². The molecule has 1 spiro atoms. The van der Waals surface area contributed by atoms with Crippen LogP contribution in [0.3, 0.4) is 0 Å². The zero-order valence-electron chi connectivity index (χ0n) is 17.6. The molecule has 6 atom stereocenters. The van der Waals surface area contributed by atoms with Crippen molar-refractivity contribution in [1.82, 2.24) is 9.96 Å². The lowest BCUT2D eigenvalue weighted by Crippen LogP contribution is -2.77. The zero-order chi connectivity index (χ0) is 24.5. The van der Waals surface area contributed by atoms with Gasteiger partial charge in [0.05, 0.1) is 23.8 Å². The lowest BCUT2D eigenvalue weighted by molar-refractivity contribution is -0.229. The first-order valence-corrected chi connectivity index (χ1v) is 9.95. The molecule has 1 aromatic carbocycles. The maximum absolute atomic E-state index is 12.8. The van der Waals surface area contributed by atoms with E-state index in [1.54, 1.807) is 6.92 Å². The first-order chi connectivity index (χ1) is 15.3. The Kier molecular flexibility index (Phi) is 5.03. The molecule has 0 radical (unpaired) electrons. The number of alkyl halides is 3. The minimum atomic E-state index is -4.57. The zero-order valence-corrected chi connectivity index (χ0v) is 17.6. The monoisotopic (exact) mass is 472 g/mol. The van der Waals surface area contributed by atoms with Crippen molar-refractivity contribution in [2.45, 2.75) is 55.5 Å². The fraction of sp³-hybridized carbons (Fsp3) is 0.526. The molecule has 0 bridgehead atoms. The van der Waals surface area contributed by atoms with E-state index in [1.165, 1.54) is 11.8 Å². The highest BCUT2D eigenvalue weighted by Crippen LogP contribution is 2.53. The molecule has 3 heterocycles. The molecule has 11 nitrogen and oxygen atoms in total. The number of aliphatic hydroxyl groups is 2. The molecule has 14 heteroatoms. The second kappa shape index (κ2) is 7.20. The van der Waals surface area contributed by atoms with Gasteiger partial charge in [-0.1, -0.05) is 0 Å². The van der Waals surface area contributed by atoms with Crippen molar-refractivity contribution in [2.75, 3.05) is 6.61 Å². The average Bonchev–Trinajstić information content (AvgIpc) is 3.11. The molecule has 1 saturated heterocycles. The van der Waals surface area contributed by atoms with Gasteiger partial charge in [-0.3, -0.25) is 5.21 Å². The molecule has 0 amide bonds. The quantitative estimate of drug-likeness (QED) is 0.363. The van der Waals surface area contributed by atoms with Crippen molar-refractivity contribution >= 4 is 17.9 Å². The summed E-state index contributed by atoms with van der Waals surface area (Å²) in [4.78, 5) is 22.4. The van der Waals surface area contributed by atoms with Crippen molar-refractivity contribution < 1.29 is 38.1 Å². The number of rotatable bonds is 3. The number of nitrogens with two attached hydrogens (primary N) is 2. The average molecular weight is 472 g/mol. The van der Waals surface area contributed by atoms with Crippen LogP contribution in [0.2, 0.25) is 0 Å². The molecule has 180 valence electrons. The van der Waals surface area contributed by atoms with Crippen LogP contribution in [0.1, 0.15) is 29.8 Å². The summed E-state index contributed by atoms with van der Waals surface area (Å²) in [6, 6.07) is 0.484. The van der Waals surface area contributed by atoms with Crippen LogP contribution in [0, 0.1) is 0 Å². The number of halogens is 3. The van der Waals surface area contributed by atoms with Crippen LogP contribution in [0.5, 0.6) is 0 Å². The number of nitrogens with zero attached hydrogens (tertiary/aromatic N) is 4. The van der Waals surface area contributed by atoms with E-state index in [4.69, 9.17) is 16.2 Å². The van der Waals surface area contributed by atoms with Crippen molar-refractivity contribution in [2.24, 2.45) is 21.5 Å². The third kappa shape index (κ3) is 2.97. The summed E-state index contributed by atoms with van der Waals surface area (Å²) >= 11 is 0. The molecule has 3 aliphatic rings.